The molecule has 2 amide bonds. The normalized spacial score (nSPS) is 22.1. The summed E-state index contributed by atoms with van der Waals surface area (Å²) in [7, 11) is 0. The molecule has 7 aromatic rings. The summed E-state index contributed by atoms with van der Waals surface area (Å²) >= 11 is 0. The van der Waals surface area contributed by atoms with Gasteiger partial charge in [0, 0.05) is 55.0 Å². The van der Waals surface area contributed by atoms with E-state index in [1.54, 1.807) is 30.9 Å². The fraction of sp³-hybridized carbons (Fsp3) is 0.383. The predicted octanol–water partition coefficient (Wildman–Crippen LogP) is 7.53. The lowest BCUT2D eigenvalue weighted by atomic mass is 9.91. The second-order valence-electron chi connectivity index (χ2n) is 18.2. The lowest BCUT2D eigenvalue weighted by molar-refractivity contribution is -0.141. The van der Waals surface area contributed by atoms with Crippen molar-refractivity contribution in [3.8, 4) is 17.2 Å². The first-order valence-electron chi connectivity index (χ1n) is 22.2. The highest BCUT2D eigenvalue weighted by molar-refractivity contribution is 6.00. The third-order valence-electron chi connectivity index (χ3n) is 14.2. The zero-order valence-electron chi connectivity index (χ0n) is 36.8. The van der Waals surface area contributed by atoms with E-state index in [9.17, 15) is 22.8 Å². The molecule has 3 fully saturated rings. The zero-order valence-corrected chi connectivity index (χ0v) is 36.8. The number of benzene rings is 3. The third-order valence-corrected chi connectivity index (χ3v) is 14.2. The molecule has 11 rings (SSSR count). The molecule has 67 heavy (non-hydrogen) atoms. The fourth-order valence-electron chi connectivity index (χ4n) is 10.8. The Labute approximate surface area is 378 Å². The minimum absolute atomic E-state index is 0.0275. The predicted molar refractivity (Wildman–Crippen MR) is 233 cm³/mol. The highest BCUT2D eigenvalue weighted by Crippen LogP contribution is 2.55. The van der Waals surface area contributed by atoms with Crippen LogP contribution < -0.4 is 16.5 Å². The molecule has 1 saturated carbocycles. The summed E-state index contributed by atoms with van der Waals surface area (Å²) in [4.78, 5) is 49.5. The average Bonchev–Trinajstić information content (AvgIpc) is 3.94. The summed E-state index contributed by atoms with van der Waals surface area (Å²) in [5.74, 6) is -1.10. The van der Waals surface area contributed by atoms with Crippen LogP contribution in [0.15, 0.2) is 71.9 Å². The number of rotatable bonds is 8. The summed E-state index contributed by atoms with van der Waals surface area (Å²) in [6.45, 7) is 7.30. The zero-order chi connectivity index (χ0) is 46.8. The van der Waals surface area contributed by atoms with Crippen LogP contribution in [0.4, 0.5) is 26.7 Å². The Morgan fingerprint density at radius 1 is 0.940 bits per heavy atom. The van der Waals surface area contributed by atoms with Crippen molar-refractivity contribution in [2.45, 2.75) is 89.8 Å². The van der Waals surface area contributed by atoms with Gasteiger partial charge in [-0.05, 0) is 111 Å². The van der Waals surface area contributed by atoms with Crippen molar-refractivity contribution in [2.75, 3.05) is 19.8 Å². The Bertz CT molecular complexity index is 3230. The van der Waals surface area contributed by atoms with E-state index < -0.39 is 53.9 Å². The Kier molecular flexibility index (Phi) is 9.82. The number of halogens is 5. The quantitative estimate of drug-likeness (QED) is 0.149. The van der Waals surface area contributed by atoms with Crippen LogP contribution in [0.1, 0.15) is 83.5 Å². The minimum Gasteiger partial charge on any atom is -0.381 e. The Hall–Kier alpha value is -6.80. The highest BCUT2D eigenvalue weighted by atomic mass is 19.4. The topological polar surface area (TPSA) is 147 Å². The van der Waals surface area contributed by atoms with Crippen molar-refractivity contribution >= 4 is 33.8 Å². The third kappa shape index (κ3) is 6.77. The van der Waals surface area contributed by atoms with Gasteiger partial charge in [0.2, 0.25) is 0 Å². The van der Waals surface area contributed by atoms with E-state index in [1.807, 2.05) is 23.6 Å². The van der Waals surface area contributed by atoms with E-state index in [0.29, 0.717) is 64.0 Å². The summed E-state index contributed by atoms with van der Waals surface area (Å²) in [6.07, 6.45) is 0.575. The summed E-state index contributed by atoms with van der Waals surface area (Å²) in [6, 6.07) is 13.2. The highest BCUT2D eigenvalue weighted by Gasteiger charge is 2.62. The summed E-state index contributed by atoms with van der Waals surface area (Å²) < 4.78 is 83.4. The maximum Gasteiger partial charge on any atom is 0.427 e. The van der Waals surface area contributed by atoms with Gasteiger partial charge in [0.1, 0.15) is 30.0 Å². The Morgan fingerprint density at radius 3 is 2.34 bits per heavy atom. The van der Waals surface area contributed by atoms with Gasteiger partial charge >= 0.3 is 18.0 Å². The monoisotopic (exact) mass is 924 g/mol. The number of aryl methyl sites for hydroxylation is 2. The first kappa shape index (κ1) is 42.8. The van der Waals surface area contributed by atoms with Gasteiger partial charge in [-0.3, -0.25) is 23.9 Å². The molecule has 4 aliphatic rings. The largest absolute Gasteiger partial charge is 0.427 e. The second-order valence-corrected chi connectivity index (χ2v) is 18.2. The molecule has 0 bridgehead atoms. The fourth-order valence-corrected chi connectivity index (χ4v) is 10.8. The van der Waals surface area contributed by atoms with Gasteiger partial charge in [0.05, 0.1) is 45.7 Å². The lowest BCUT2D eigenvalue weighted by Crippen LogP contribution is -2.49. The van der Waals surface area contributed by atoms with Crippen LogP contribution in [-0.2, 0) is 28.1 Å². The number of aromatic nitrogens is 7. The maximum absolute atomic E-state index is 16.3. The number of hydrogen-bond donors (Lipinski definition) is 2. The molecular formula is C47H45F5N10O5. The molecule has 1 unspecified atom stereocenters. The van der Waals surface area contributed by atoms with E-state index in [2.05, 4.69) is 35.0 Å². The number of fused-ring (bicyclic) bond motifs is 3. The van der Waals surface area contributed by atoms with Crippen LogP contribution in [0, 0.1) is 31.4 Å². The molecule has 4 aromatic heterocycles. The van der Waals surface area contributed by atoms with Gasteiger partial charge in [0.25, 0.3) is 5.91 Å². The molecule has 7 heterocycles. The van der Waals surface area contributed by atoms with E-state index in [-0.39, 0.29) is 47.2 Å². The number of nitrogens with zero attached hydrogens (tertiary/aromatic N) is 8. The molecular weight excluding hydrogens is 880 g/mol. The van der Waals surface area contributed by atoms with E-state index >= 15 is 13.6 Å². The van der Waals surface area contributed by atoms with Crippen LogP contribution in [0.25, 0.3) is 39.0 Å². The van der Waals surface area contributed by atoms with Crippen molar-refractivity contribution in [1.82, 2.24) is 49.0 Å². The van der Waals surface area contributed by atoms with E-state index in [1.165, 1.54) is 33.8 Å². The number of nitrogens with one attached hydrogen (secondary N) is 2. The van der Waals surface area contributed by atoms with Crippen LogP contribution in [0.2, 0.25) is 0 Å². The molecule has 3 aromatic carbocycles. The van der Waals surface area contributed by atoms with Crippen molar-refractivity contribution in [1.29, 1.82) is 0 Å². The molecule has 15 nitrogen and oxygen atoms in total. The van der Waals surface area contributed by atoms with Crippen LogP contribution in [0.3, 0.4) is 0 Å². The van der Waals surface area contributed by atoms with Gasteiger partial charge in [-0.15, -0.1) is 5.48 Å². The van der Waals surface area contributed by atoms with Crippen LogP contribution >= 0.6 is 0 Å². The number of imidazole rings is 1. The maximum atomic E-state index is 16.3. The Balaban J connectivity index is 1.04. The number of hydroxylamine groups is 1. The van der Waals surface area contributed by atoms with E-state index in [0.717, 1.165) is 40.1 Å². The number of hydrogen-bond acceptors (Lipinski definition) is 8. The molecule has 2 N–H and O–H groups in total. The smallest absolute Gasteiger partial charge is 0.381 e. The molecule has 0 spiro atoms. The van der Waals surface area contributed by atoms with Crippen molar-refractivity contribution < 1.29 is 41.1 Å². The number of ether oxygens (including phenoxy) is 1. The van der Waals surface area contributed by atoms with Gasteiger partial charge in [-0.2, -0.15) is 23.4 Å². The average molecular weight is 925 g/mol. The van der Waals surface area contributed by atoms with Gasteiger partial charge in [-0.25, -0.2) is 23.1 Å². The van der Waals surface area contributed by atoms with Crippen molar-refractivity contribution in [2.24, 2.45) is 5.92 Å². The van der Waals surface area contributed by atoms with Crippen LogP contribution in [-0.4, -0.2) is 82.3 Å². The van der Waals surface area contributed by atoms with Gasteiger partial charge in [-0.1, -0.05) is 13.0 Å². The summed E-state index contributed by atoms with van der Waals surface area (Å²) in [5.41, 5.74) is 5.61. The molecule has 1 aliphatic carbocycles. The SMILES string of the molecule is Cc1cc(-n2nc3c(c2-n2ccn(-c4ccc5c(cnn5CC(F)(F)F)c4F)c2=O)[C@H](C)N(C(=O)c2cc4cc(C5CCOCC5)ccc4n2[C@@]2(C4NOC(=O)N4)C[C@@H]2C)CC3)cc(C)c1F. The standard InChI is InChI=1S/C47H45F5N10O5/c1-24-17-31(18-25(2)39(24)48)62-41(59-14-13-58(45(59)65)36-8-7-35-32(40(36)49)22-53-60(35)23-47(50,51)52)38-27(4)57(12-9-33(38)55-62)42(63)37-20-30-19-29(28-10-15-66-16-11-28)5-6-34(30)61(37)46(21-26(46)3)43-54-44(64)67-56-43/h5-8,13-14,17-20,22,26-28,43,56H,9-12,15-16,21,23H2,1-4H3,(H,54,64)/t26-,27-,43?,46-/m0/s1. The minimum atomic E-state index is -4.60. The van der Waals surface area contributed by atoms with Gasteiger partial charge in [0.15, 0.2) is 5.82 Å². The van der Waals surface area contributed by atoms with E-state index in [4.69, 9.17) is 14.7 Å². The number of carbonyl (C=O) groups is 2. The molecule has 2 saturated heterocycles. The first-order valence-corrected chi connectivity index (χ1v) is 22.2. The number of carbonyl (C=O) groups excluding carboxylic acids is 2. The Morgan fingerprint density at radius 2 is 1.66 bits per heavy atom. The first-order chi connectivity index (χ1) is 32.0. The summed E-state index contributed by atoms with van der Waals surface area (Å²) in [5, 5.41) is 12.3. The number of amides is 2. The second kappa shape index (κ2) is 15.4. The lowest BCUT2D eigenvalue weighted by Gasteiger charge is -2.35. The molecule has 3 aliphatic heterocycles. The number of alkyl halides is 3. The molecule has 4 atom stereocenters. The van der Waals surface area contributed by atoms with Crippen molar-refractivity contribution in [3.05, 3.63) is 123 Å². The van der Waals surface area contributed by atoms with Gasteiger partial charge < -0.3 is 19.0 Å². The molecule has 0 radical (unpaired) electrons. The molecule has 348 valence electrons. The molecule has 20 heteroatoms. The van der Waals surface area contributed by atoms with Crippen molar-refractivity contribution in [3.63, 3.8) is 0 Å². The van der Waals surface area contributed by atoms with Crippen LogP contribution in [0.5, 0.6) is 0 Å².